The molecule has 2 atom stereocenters. The Morgan fingerprint density at radius 1 is 0.542 bits per heavy atom. The topological polar surface area (TPSA) is 102 Å². The predicted octanol–water partition coefficient (Wildman–Crippen LogP) is 11.8. The van der Waals surface area contributed by atoms with Gasteiger partial charge in [0, 0.05) is 19.3 Å². The van der Waals surface area contributed by atoms with Gasteiger partial charge in [-0.3, -0.25) is 9.59 Å². The van der Waals surface area contributed by atoms with E-state index in [9.17, 15) is 19.5 Å². The van der Waals surface area contributed by atoms with Crippen LogP contribution in [0.3, 0.4) is 0 Å². The average molecular weight is 826 g/mol. The highest BCUT2D eigenvalue weighted by atomic mass is 16.6. The zero-order valence-corrected chi connectivity index (χ0v) is 38.4. The maximum Gasteiger partial charge on any atom is 0.306 e. The molecule has 0 aliphatic rings. The van der Waals surface area contributed by atoms with E-state index in [1.165, 1.54) is 77.0 Å². The van der Waals surface area contributed by atoms with E-state index in [0.717, 1.165) is 64.2 Å². The molecule has 0 aliphatic carbocycles. The predicted molar refractivity (Wildman–Crippen MR) is 245 cm³/mol. The van der Waals surface area contributed by atoms with Gasteiger partial charge in [0.25, 0.3) is 0 Å². The molecule has 2 unspecified atom stereocenters. The van der Waals surface area contributed by atoms with Gasteiger partial charge in [-0.25, -0.2) is 0 Å². The van der Waals surface area contributed by atoms with E-state index < -0.39 is 18.1 Å². The Balaban J connectivity index is 4.35. The molecule has 0 radical (unpaired) electrons. The molecular formula is C51H87NO7. The maximum atomic E-state index is 12.7. The Morgan fingerprint density at radius 3 is 1.53 bits per heavy atom. The largest absolute Gasteiger partial charge is 0.544 e. The van der Waals surface area contributed by atoms with Crippen LogP contribution < -0.4 is 5.11 Å². The van der Waals surface area contributed by atoms with Crippen LogP contribution in [0.2, 0.25) is 0 Å². The van der Waals surface area contributed by atoms with Crippen LogP contribution in [0.1, 0.15) is 181 Å². The molecule has 0 N–H and O–H groups in total. The van der Waals surface area contributed by atoms with Crippen LogP contribution in [-0.4, -0.2) is 75.5 Å². The van der Waals surface area contributed by atoms with E-state index in [2.05, 4.69) is 86.8 Å². The van der Waals surface area contributed by atoms with Crippen molar-refractivity contribution in [3.8, 4) is 0 Å². The number of unbranched alkanes of at least 4 members (excludes halogenated alkanes) is 16. The van der Waals surface area contributed by atoms with Gasteiger partial charge in [-0.05, 0) is 77.0 Å². The van der Waals surface area contributed by atoms with Crippen LogP contribution in [-0.2, 0) is 28.6 Å². The number of nitrogens with zero attached hydrogens (tertiary/aromatic N) is 1. The molecule has 0 fully saturated rings. The lowest BCUT2D eigenvalue weighted by atomic mass is 10.1. The van der Waals surface area contributed by atoms with Gasteiger partial charge in [0.05, 0.1) is 40.3 Å². The molecule has 8 nitrogen and oxygen atoms in total. The summed E-state index contributed by atoms with van der Waals surface area (Å²) in [4.78, 5) is 36.9. The molecule has 0 aromatic heterocycles. The quantitative estimate of drug-likeness (QED) is 0.0199. The number of allylic oxidation sites excluding steroid dienone is 12. The van der Waals surface area contributed by atoms with E-state index in [-0.39, 0.29) is 49.1 Å². The van der Waals surface area contributed by atoms with Crippen LogP contribution in [0.5, 0.6) is 0 Å². The molecule has 59 heavy (non-hydrogen) atoms. The number of carboxylic acid groups (broad SMARTS) is 1. The fourth-order valence-electron chi connectivity index (χ4n) is 6.46. The van der Waals surface area contributed by atoms with E-state index >= 15 is 0 Å². The van der Waals surface area contributed by atoms with Gasteiger partial charge in [0.15, 0.2) is 6.10 Å². The number of quaternary nitrogens is 1. The zero-order valence-electron chi connectivity index (χ0n) is 38.4. The molecule has 0 aliphatic heterocycles. The number of likely N-dealkylation sites (N-methyl/N-ethyl adjacent to an activating group) is 1. The third-order valence-corrected chi connectivity index (χ3v) is 10.1. The lowest BCUT2D eigenvalue weighted by molar-refractivity contribution is -0.889. The summed E-state index contributed by atoms with van der Waals surface area (Å²) in [7, 11) is 5.39. The second-order valence-electron chi connectivity index (χ2n) is 16.6. The van der Waals surface area contributed by atoms with Crippen LogP contribution in [0, 0.1) is 0 Å². The van der Waals surface area contributed by atoms with Crippen molar-refractivity contribution >= 4 is 17.9 Å². The number of aliphatic carboxylic acids is 1. The molecular weight excluding hydrogens is 739 g/mol. The molecule has 0 spiro atoms. The molecule has 0 heterocycles. The molecule has 0 saturated heterocycles. The Labute approximate surface area is 361 Å². The summed E-state index contributed by atoms with van der Waals surface area (Å²) < 4.78 is 17.2. The van der Waals surface area contributed by atoms with Crippen molar-refractivity contribution in [2.24, 2.45) is 0 Å². The first-order valence-electron chi connectivity index (χ1n) is 23.5. The van der Waals surface area contributed by atoms with E-state index in [0.29, 0.717) is 12.8 Å². The average Bonchev–Trinajstić information content (AvgIpc) is 3.19. The fraction of sp³-hybridized carbons (Fsp3) is 0.706. The van der Waals surface area contributed by atoms with Gasteiger partial charge in [-0.1, -0.05) is 157 Å². The summed E-state index contributed by atoms with van der Waals surface area (Å²) in [5.74, 6) is -1.79. The molecule has 0 bridgehead atoms. The first-order valence-corrected chi connectivity index (χ1v) is 23.5. The monoisotopic (exact) mass is 826 g/mol. The maximum absolute atomic E-state index is 12.7. The lowest BCUT2D eigenvalue weighted by Crippen LogP contribution is -2.55. The number of esters is 2. The lowest BCUT2D eigenvalue weighted by Gasteiger charge is -2.34. The van der Waals surface area contributed by atoms with Gasteiger partial charge in [-0.2, -0.15) is 0 Å². The van der Waals surface area contributed by atoms with Crippen molar-refractivity contribution in [2.45, 2.75) is 193 Å². The number of rotatable bonds is 41. The Morgan fingerprint density at radius 2 is 1.00 bits per heavy atom. The van der Waals surface area contributed by atoms with Gasteiger partial charge in [0.2, 0.25) is 0 Å². The van der Waals surface area contributed by atoms with Crippen LogP contribution in [0.15, 0.2) is 72.9 Å². The summed E-state index contributed by atoms with van der Waals surface area (Å²) in [6.45, 7) is 4.48. The van der Waals surface area contributed by atoms with Gasteiger partial charge < -0.3 is 28.6 Å². The summed E-state index contributed by atoms with van der Waals surface area (Å²) in [6, 6.07) is -0.735. The minimum absolute atomic E-state index is 0.0235. The summed E-state index contributed by atoms with van der Waals surface area (Å²) >= 11 is 0. The molecule has 0 rings (SSSR count). The van der Waals surface area contributed by atoms with Crippen LogP contribution in [0.4, 0.5) is 0 Å². The second kappa shape index (κ2) is 41.5. The van der Waals surface area contributed by atoms with Gasteiger partial charge in [-0.15, -0.1) is 0 Å². The third-order valence-electron chi connectivity index (χ3n) is 10.1. The standard InChI is InChI=1S/C51H87NO7/c1-6-8-10-12-14-16-18-20-22-24-25-26-28-29-31-33-35-37-39-41-49(53)58-46-47(45-57-44-43-48(51(55)56)52(3,4)5)59-50(54)42-40-38-36-34-32-30-27-23-21-19-17-15-13-11-9-7-2/h9,11,14-18,20-21,23,30,32,47-48H,6-8,10,12-13,19,22,24-29,31,33-46H2,1-5H3/b11-9+,16-14+,17-15+,20-18+,23-21+,32-30+. The minimum Gasteiger partial charge on any atom is -0.544 e. The fourth-order valence-corrected chi connectivity index (χ4v) is 6.46. The third kappa shape index (κ3) is 40.0. The van der Waals surface area contributed by atoms with Crippen molar-refractivity contribution in [1.29, 1.82) is 0 Å². The SMILES string of the molecule is CC/C=C/C/C=C/C/C=C/C/C=C/CCCCCC(=O)OC(COCCC(C(=O)[O-])[N+](C)(C)C)COC(=O)CCCCCCCCCCCC/C=C/C=C/CCCCC. The Bertz CT molecular complexity index is 1190. The Kier molecular flexibility index (Phi) is 39.2. The van der Waals surface area contributed by atoms with Crippen molar-refractivity contribution in [2.75, 3.05) is 41.0 Å². The number of hydrogen-bond donors (Lipinski definition) is 0. The molecule has 0 aromatic rings. The van der Waals surface area contributed by atoms with Crippen LogP contribution >= 0.6 is 0 Å². The van der Waals surface area contributed by atoms with E-state index in [4.69, 9.17) is 14.2 Å². The first kappa shape index (κ1) is 55.8. The highest BCUT2D eigenvalue weighted by Gasteiger charge is 2.25. The first-order chi connectivity index (χ1) is 28.6. The second-order valence-corrected chi connectivity index (χ2v) is 16.6. The highest BCUT2D eigenvalue weighted by Crippen LogP contribution is 2.14. The minimum atomic E-state index is -1.13. The number of ether oxygens (including phenoxy) is 3. The number of carboxylic acids is 1. The smallest absolute Gasteiger partial charge is 0.306 e. The van der Waals surface area contributed by atoms with E-state index in [1.807, 2.05) is 0 Å². The molecule has 0 aromatic carbocycles. The summed E-state index contributed by atoms with van der Waals surface area (Å²) in [5.41, 5.74) is 0. The molecule has 338 valence electrons. The van der Waals surface area contributed by atoms with Crippen molar-refractivity contribution < 1.29 is 38.2 Å². The molecule has 0 amide bonds. The van der Waals surface area contributed by atoms with Gasteiger partial charge in [0.1, 0.15) is 12.6 Å². The van der Waals surface area contributed by atoms with Crippen molar-refractivity contribution in [3.05, 3.63) is 72.9 Å². The number of carbonyl (C=O) groups is 3. The number of hydrogen-bond acceptors (Lipinski definition) is 7. The molecule has 0 saturated carbocycles. The zero-order chi connectivity index (χ0) is 43.5. The van der Waals surface area contributed by atoms with E-state index in [1.54, 1.807) is 21.1 Å². The Hall–Kier alpha value is -3.23. The van der Waals surface area contributed by atoms with Crippen molar-refractivity contribution in [3.63, 3.8) is 0 Å². The van der Waals surface area contributed by atoms with Gasteiger partial charge >= 0.3 is 11.9 Å². The highest BCUT2D eigenvalue weighted by molar-refractivity contribution is 5.70. The summed E-state index contributed by atoms with van der Waals surface area (Å²) in [6.07, 6.45) is 52.1. The number of carbonyl (C=O) groups excluding carboxylic acids is 3. The normalized spacial score (nSPS) is 13.6. The van der Waals surface area contributed by atoms with Crippen LogP contribution in [0.25, 0.3) is 0 Å². The van der Waals surface area contributed by atoms with Crippen molar-refractivity contribution in [1.82, 2.24) is 0 Å². The molecule has 8 heteroatoms. The summed E-state index contributed by atoms with van der Waals surface area (Å²) in [5, 5.41) is 11.6.